The van der Waals surface area contributed by atoms with E-state index in [0.717, 1.165) is 13.0 Å². The van der Waals surface area contributed by atoms with Crippen LogP contribution >= 0.6 is 0 Å². The third-order valence-electron chi connectivity index (χ3n) is 4.16. The van der Waals surface area contributed by atoms with Crippen molar-refractivity contribution in [2.75, 3.05) is 13.6 Å². The normalized spacial score (nSPS) is 18.8. The van der Waals surface area contributed by atoms with Gasteiger partial charge in [0.25, 0.3) is 0 Å². The Bertz CT molecular complexity index is 362. The number of rotatable bonds is 5. The van der Waals surface area contributed by atoms with Crippen LogP contribution in [0.2, 0.25) is 0 Å². The average Bonchev–Trinajstić information content (AvgIpc) is 2.88. The predicted octanol–water partition coefficient (Wildman–Crippen LogP) is 2.30. The molecular formula is C14H25N3. The van der Waals surface area contributed by atoms with Crippen molar-refractivity contribution in [2.45, 2.75) is 45.4 Å². The Labute approximate surface area is 105 Å². The van der Waals surface area contributed by atoms with Gasteiger partial charge in [-0.05, 0) is 44.2 Å². The van der Waals surface area contributed by atoms with Crippen LogP contribution in [0.1, 0.15) is 44.0 Å². The molecule has 0 spiro atoms. The van der Waals surface area contributed by atoms with E-state index in [0.29, 0.717) is 5.41 Å². The lowest BCUT2D eigenvalue weighted by molar-refractivity contribution is 0.279. The Hall–Kier alpha value is -0.830. The standard InChI is InChI=1S/C14H25N3/c1-4-12-9-13(17(3)16-12)10-14(11-15-2)7-5-6-8-14/h9,15H,4-8,10-11H2,1-3H3. The second kappa shape index (κ2) is 5.21. The van der Waals surface area contributed by atoms with Crippen LogP contribution in [-0.2, 0) is 19.9 Å². The lowest BCUT2D eigenvalue weighted by atomic mass is 9.81. The molecule has 0 radical (unpaired) electrons. The number of nitrogens with zero attached hydrogens (tertiary/aromatic N) is 2. The number of nitrogens with one attached hydrogen (secondary N) is 1. The van der Waals surface area contributed by atoms with Crippen LogP contribution in [0, 0.1) is 5.41 Å². The van der Waals surface area contributed by atoms with Gasteiger partial charge in [-0.15, -0.1) is 0 Å². The Morgan fingerprint density at radius 3 is 2.65 bits per heavy atom. The molecule has 3 heteroatoms. The van der Waals surface area contributed by atoms with E-state index in [1.54, 1.807) is 0 Å². The van der Waals surface area contributed by atoms with Gasteiger partial charge < -0.3 is 5.32 Å². The maximum absolute atomic E-state index is 4.56. The first-order valence-corrected chi connectivity index (χ1v) is 6.85. The van der Waals surface area contributed by atoms with Crippen molar-refractivity contribution in [2.24, 2.45) is 12.5 Å². The van der Waals surface area contributed by atoms with Gasteiger partial charge in [-0.1, -0.05) is 19.8 Å². The quantitative estimate of drug-likeness (QED) is 0.848. The molecule has 0 aromatic carbocycles. The molecule has 1 fully saturated rings. The number of hydrogen-bond donors (Lipinski definition) is 1. The molecule has 0 amide bonds. The lowest BCUT2D eigenvalue weighted by Crippen LogP contribution is -2.32. The summed E-state index contributed by atoms with van der Waals surface area (Å²) in [4.78, 5) is 0. The summed E-state index contributed by atoms with van der Waals surface area (Å²) in [5.41, 5.74) is 3.10. The second-order valence-corrected chi connectivity index (χ2v) is 5.52. The van der Waals surface area contributed by atoms with Crippen molar-refractivity contribution >= 4 is 0 Å². The zero-order valence-corrected chi connectivity index (χ0v) is 11.4. The number of hydrogen-bond acceptors (Lipinski definition) is 2. The molecule has 1 heterocycles. The highest BCUT2D eigenvalue weighted by Crippen LogP contribution is 2.40. The van der Waals surface area contributed by atoms with E-state index in [2.05, 4.69) is 42.2 Å². The molecule has 17 heavy (non-hydrogen) atoms. The van der Waals surface area contributed by atoms with Gasteiger partial charge in [-0.25, -0.2) is 0 Å². The first-order chi connectivity index (χ1) is 8.19. The monoisotopic (exact) mass is 235 g/mol. The lowest BCUT2D eigenvalue weighted by Gasteiger charge is -2.28. The Kier molecular flexibility index (Phi) is 3.87. The molecule has 1 aliphatic carbocycles. The van der Waals surface area contributed by atoms with Crippen molar-refractivity contribution in [3.63, 3.8) is 0 Å². The Morgan fingerprint density at radius 1 is 1.41 bits per heavy atom. The molecule has 3 nitrogen and oxygen atoms in total. The largest absolute Gasteiger partial charge is 0.319 e. The minimum atomic E-state index is 0.480. The molecule has 0 atom stereocenters. The molecular weight excluding hydrogens is 210 g/mol. The fourth-order valence-electron chi connectivity index (χ4n) is 3.21. The van der Waals surface area contributed by atoms with E-state index in [9.17, 15) is 0 Å². The maximum atomic E-state index is 4.56. The van der Waals surface area contributed by atoms with Gasteiger partial charge in [0.15, 0.2) is 0 Å². The third kappa shape index (κ3) is 2.71. The number of aryl methyl sites for hydroxylation is 2. The molecule has 1 N–H and O–H groups in total. The van der Waals surface area contributed by atoms with Crippen molar-refractivity contribution < 1.29 is 0 Å². The first-order valence-electron chi connectivity index (χ1n) is 6.85. The summed E-state index contributed by atoms with van der Waals surface area (Å²) >= 11 is 0. The minimum absolute atomic E-state index is 0.480. The van der Waals surface area contributed by atoms with Crippen LogP contribution in [0.5, 0.6) is 0 Å². The van der Waals surface area contributed by atoms with Crippen LogP contribution in [0.4, 0.5) is 0 Å². The Balaban J connectivity index is 2.14. The van der Waals surface area contributed by atoms with E-state index in [1.807, 2.05) is 0 Å². The van der Waals surface area contributed by atoms with Crippen LogP contribution in [-0.4, -0.2) is 23.4 Å². The summed E-state index contributed by atoms with van der Waals surface area (Å²) in [6.07, 6.45) is 7.71. The molecule has 1 aromatic heterocycles. The summed E-state index contributed by atoms with van der Waals surface area (Å²) < 4.78 is 2.08. The van der Waals surface area contributed by atoms with Crippen molar-refractivity contribution in [1.82, 2.24) is 15.1 Å². The van der Waals surface area contributed by atoms with E-state index in [-0.39, 0.29) is 0 Å². The zero-order valence-electron chi connectivity index (χ0n) is 11.4. The van der Waals surface area contributed by atoms with Crippen molar-refractivity contribution in [3.8, 4) is 0 Å². The molecule has 2 rings (SSSR count). The maximum Gasteiger partial charge on any atom is 0.0624 e. The smallest absolute Gasteiger partial charge is 0.0624 e. The average molecular weight is 235 g/mol. The molecule has 1 aromatic rings. The van der Waals surface area contributed by atoms with Gasteiger partial charge >= 0.3 is 0 Å². The van der Waals surface area contributed by atoms with E-state index >= 15 is 0 Å². The first kappa shape index (κ1) is 12.6. The van der Waals surface area contributed by atoms with E-state index < -0.39 is 0 Å². The van der Waals surface area contributed by atoms with Gasteiger partial charge in [0.1, 0.15) is 0 Å². The molecule has 0 unspecified atom stereocenters. The molecule has 1 saturated carbocycles. The second-order valence-electron chi connectivity index (χ2n) is 5.52. The van der Waals surface area contributed by atoms with Gasteiger partial charge in [0.05, 0.1) is 5.69 Å². The van der Waals surface area contributed by atoms with E-state index in [1.165, 1.54) is 43.5 Å². The molecule has 0 bridgehead atoms. The van der Waals surface area contributed by atoms with Crippen molar-refractivity contribution in [1.29, 1.82) is 0 Å². The molecule has 0 saturated heterocycles. The van der Waals surface area contributed by atoms with Gasteiger partial charge in [-0.2, -0.15) is 5.10 Å². The highest BCUT2D eigenvalue weighted by molar-refractivity contribution is 5.13. The van der Waals surface area contributed by atoms with Gasteiger partial charge in [0, 0.05) is 19.3 Å². The topological polar surface area (TPSA) is 29.9 Å². The van der Waals surface area contributed by atoms with Crippen LogP contribution in [0.3, 0.4) is 0 Å². The van der Waals surface area contributed by atoms with Crippen LogP contribution < -0.4 is 5.32 Å². The van der Waals surface area contributed by atoms with Gasteiger partial charge in [-0.3, -0.25) is 4.68 Å². The third-order valence-corrected chi connectivity index (χ3v) is 4.16. The van der Waals surface area contributed by atoms with Crippen LogP contribution in [0.15, 0.2) is 6.07 Å². The van der Waals surface area contributed by atoms with Gasteiger partial charge in [0.2, 0.25) is 0 Å². The minimum Gasteiger partial charge on any atom is -0.319 e. The highest BCUT2D eigenvalue weighted by Gasteiger charge is 2.34. The fourth-order valence-corrected chi connectivity index (χ4v) is 3.21. The zero-order chi connectivity index (χ0) is 12.3. The summed E-state index contributed by atoms with van der Waals surface area (Å²) in [6.45, 7) is 3.31. The molecule has 96 valence electrons. The van der Waals surface area contributed by atoms with Crippen molar-refractivity contribution in [3.05, 3.63) is 17.5 Å². The van der Waals surface area contributed by atoms with E-state index in [4.69, 9.17) is 0 Å². The summed E-state index contributed by atoms with van der Waals surface area (Å²) in [7, 11) is 4.15. The SMILES string of the molecule is CCc1cc(CC2(CNC)CCCC2)n(C)n1. The Morgan fingerprint density at radius 2 is 2.12 bits per heavy atom. The summed E-state index contributed by atoms with van der Waals surface area (Å²) in [6, 6.07) is 2.29. The molecule has 1 aliphatic rings. The van der Waals surface area contributed by atoms with Crippen LogP contribution in [0.25, 0.3) is 0 Å². The predicted molar refractivity (Wildman–Crippen MR) is 71.1 cm³/mol. The highest BCUT2D eigenvalue weighted by atomic mass is 15.3. The molecule has 0 aliphatic heterocycles. The fraction of sp³-hybridized carbons (Fsp3) is 0.786. The number of aromatic nitrogens is 2. The summed E-state index contributed by atoms with van der Waals surface area (Å²) in [5, 5.41) is 7.94. The summed E-state index contributed by atoms with van der Waals surface area (Å²) in [5.74, 6) is 0.